The van der Waals surface area contributed by atoms with Crippen molar-refractivity contribution < 1.29 is 9.59 Å². The summed E-state index contributed by atoms with van der Waals surface area (Å²) in [5.41, 5.74) is 0. The van der Waals surface area contributed by atoms with E-state index in [0.717, 1.165) is 24.7 Å². The van der Waals surface area contributed by atoms with Crippen LogP contribution in [0.1, 0.15) is 107 Å². The van der Waals surface area contributed by atoms with Gasteiger partial charge < -0.3 is 10.1 Å². The molecule has 0 radical (unpaired) electrons. The molecular weight excluding hydrogens is 310 g/mol. The second-order valence-corrected chi connectivity index (χ2v) is 7.20. The lowest BCUT2D eigenvalue weighted by molar-refractivity contribution is -0.119. The standard InChI is InChI=1S/C12H24.C6H13NO.C2H4O.C2H6/c1-3-4-7-11(2)10-12-8-5-6-9-12;1-5(2)4-7-6(3)8;1-2-3;1-2/h11-12H,3-10H2,1-2H3;5H,4H2,1-3H3,(H,7,8);2H,1H3;1-2H3. The first-order valence-corrected chi connectivity index (χ1v) is 10.5. The Labute approximate surface area is 158 Å². The predicted octanol–water partition coefficient (Wildman–Crippen LogP) is 6.40. The Morgan fingerprint density at radius 2 is 1.64 bits per heavy atom. The Hall–Kier alpha value is -0.860. The number of hydrogen-bond acceptors (Lipinski definition) is 2. The van der Waals surface area contributed by atoms with Gasteiger partial charge in [0.2, 0.25) is 5.91 Å². The fourth-order valence-electron chi connectivity index (χ4n) is 2.83. The fraction of sp³-hybridized carbons (Fsp3) is 0.909. The monoisotopic (exact) mass is 357 g/mol. The van der Waals surface area contributed by atoms with Gasteiger partial charge in [-0.2, -0.15) is 0 Å². The first kappa shape index (κ1) is 28.9. The van der Waals surface area contributed by atoms with Crippen molar-refractivity contribution in [1.82, 2.24) is 5.32 Å². The summed E-state index contributed by atoms with van der Waals surface area (Å²) in [6.07, 6.45) is 12.6. The number of aldehydes is 1. The second-order valence-electron chi connectivity index (χ2n) is 7.20. The maximum atomic E-state index is 10.2. The maximum Gasteiger partial charge on any atom is 0.216 e. The minimum atomic E-state index is 0.0544. The Bertz CT molecular complexity index is 271. The normalized spacial score (nSPS) is 14.1. The van der Waals surface area contributed by atoms with Crippen LogP contribution in [-0.4, -0.2) is 18.7 Å². The topological polar surface area (TPSA) is 46.2 Å². The van der Waals surface area contributed by atoms with E-state index in [1.165, 1.54) is 65.2 Å². The molecule has 3 nitrogen and oxygen atoms in total. The van der Waals surface area contributed by atoms with Crippen molar-refractivity contribution >= 4 is 12.2 Å². The van der Waals surface area contributed by atoms with E-state index in [2.05, 4.69) is 33.0 Å². The average molecular weight is 358 g/mol. The van der Waals surface area contributed by atoms with Gasteiger partial charge in [-0.05, 0) is 31.1 Å². The Kier molecular flexibility index (Phi) is 26.8. The van der Waals surface area contributed by atoms with Crippen LogP contribution in [0, 0.1) is 17.8 Å². The SMILES string of the molecule is CC.CC(=O)NCC(C)C.CC=O.CCCCC(C)CC1CCCC1. The predicted molar refractivity (Wildman–Crippen MR) is 112 cm³/mol. The molecule has 0 aromatic rings. The van der Waals surface area contributed by atoms with E-state index >= 15 is 0 Å². The first-order valence-electron chi connectivity index (χ1n) is 10.5. The van der Waals surface area contributed by atoms with Gasteiger partial charge in [0.25, 0.3) is 0 Å². The summed E-state index contributed by atoms with van der Waals surface area (Å²) in [5.74, 6) is 2.70. The third-order valence-corrected chi connectivity index (χ3v) is 4.02. The second kappa shape index (κ2) is 23.1. The van der Waals surface area contributed by atoms with Gasteiger partial charge in [0.1, 0.15) is 6.29 Å². The smallest absolute Gasteiger partial charge is 0.216 e. The molecule has 1 N–H and O–H groups in total. The molecule has 1 fully saturated rings. The van der Waals surface area contributed by atoms with E-state index in [-0.39, 0.29) is 5.91 Å². The first-order chi connectivity index (χ1) is 11.9. The van der Waals surface area contributed by atoms with E-state index in [1.807, 2.05) is 13.8 Å². The highest BCUT2D eigenvalue weighted by Gasteiger charge is 2.17. The summed E-state index contributed by atoms with van der Waals surface area (Å²) in [5, 5.41) is 2.71. The summed E-state index contributed by atoms with van der Waals surface area (Å²) in [7, 11) is 0. The summed E-state index contributed by atoms with van der Waals surface area (Å²) < 4.78 is 0. The van der Waals surface area contributed by atoms with E-state index in [1.54, 1.807) is 0 Å². The van der Waals surface area contributed by atoms with Crippen LogP contribution in [0.4, 0.5) is 0 Å². The van der Waals surface area contributed by atoms with E-state index in [9.17, 15) is 4.79 Å². The molecule has 1 unspecified atom stereocenters. The van der Waals surface area contributed by atoms with Crippen molar-refractivity contribution in [3.8, 4) is 0 Å². The molecule has 1 saturated carbocycles. The molecule has 1 amide bonds. The number of carbonyl (C=O) groups excluding carboxylic acids is 2. The van der Waals surface area contributed by atoms with Crippen LogP contribution >= 0.6 is 0 Å². The average Bonchev–Trinajstić information content (AvgIpc) is 3.07. The van der Waals surface area contributed by atoms with Crippen LogP contribution in [0.3, 0.4) is 0 Å². The molecule has 0 saturated heterocycles. The number of amides is 1. The van der Waals surface area contributed by atoms with Crippen LogP contribution < -0.4 is 5.32 Å². The van der Waals surface area contributed by atoms with Crippen molar-refractivity contribution in [1.29, 1.82) is 0 Å². The van der Waals surface area contributed by atoms with Crippen molar-refractivity contribution in [3.63, 3.8) is 0 Å². The maximum absolute atomic E-state index is 10.2. The Morgan fingerprint density at radius 1 is 1.16 bits per heavy atom. The molecule has 152 valence electrons. The summed E-state index contributed by atoms with van der Waals surface area (Å²) in [6.45, 7) is 16.6. The fourth-order valence-corrected chi connectivity index (χ4v) is 2.83. The van der Waals surface area contributed by atoms with Crippen LogP contribution in [0.2, 0.25) is 0 Å². The molecule has 25 heavy (non-hydrogen) atoms. The zero-order valence-electron chi connectivity index (χ0n) is 18.5. The zero-order valence-corrected chi connectivity index (χ0v) is 18.5. The number of rotatable bonds is 7. The number of nitrogens with one attached hydrogen (secondary N) is 1. The summed E-state index contributed by atoms with van der Waals surface area (Å²) in [4.78, 5) is 19.0. The van der Waals surface area contributed by atoms with Gasteiger partial charge in [0.05, 0.1) is 0 Å². The van der Waals surface area contributed by atoms with E-state index in [4.69, 9.17) is 4.79 Å². The number of unbranched alkanes of at least 4 members (excludes halogenated alkanes) is 1. The van der Waals surface area contributed by atoms with Gasteiger partial charge in [-0.15, -0.1) is 0 Å². The molecule has 3 heteroatoms. The van der Waals surface area contributed by atoms with Gasteiger partial charge in [0.15, 0.2) is 0 Å². The zero-order chi connectivity index (χ0) is 20.1. The highest BCUT2D eigenvalue weighted by Crippen LogP contribution is 2.31. The van der Waals surface area contributed by atoms with Gasteiger partial charge in [-0.3, -0.25) is 4.79 Å². The third kappa shape index (κ3) is 28.2. The van der Waals surface area contributed by atoms with Crippen LogP contribution in [0.15, 0.2) is 0 Å². The number of hydrogen-bond donors (Lipinski definition) is 1. The molecule has 0 aliphatic heterocycles. The molecule has 0 heterocycles. The van der Waals surface area contributed by atoms with Crippen molar-refractivity contribution in [2.24, 2.45) is 17.8 Å². The van der Waals surface area contributed by atoms with Crippen molar-refractivity contribution in [3.05, 3.63) is 0 Å². The van der Waals surface area contributed by atoms with Gasteiger partial charge in [-0.25, -0.2) is 0 Å². The van der Waals surface area contributed by atoms with Crippen LogP contribution in [0.5, 0.6) is 0 Å². The Morgan fingerprint density at radius 3 is 1.96 bits per heavy atom. The summed E-state index contributed by atoms with van der Waals surface area (Å²) in [6, 6.07) is 0. The largest absolute Gasteiger partial charge is 0.356 e. The van der Waals surface area contributed by atoms with Crippen molar-refractivity contribution in [2.45, 2.75) is 107 Å². The molecule has 0 spiro atoms. The van der Waals surface area contributed by atoms with Gasteiger partial charge >= 0.3 is 0 Å². The molecule has 1 atom stereocenters. The molecule has 0 aromatic carbocycles. The lowest BCUT2D eigenvalue weighted by Gasteiger charge is -2.15. The van der Waals surface area contributed by atoms with Crippen LogP contribution in [-0.2, 0) is 9.59 Å². The van der Waals surface area contributed by atoms with E-state index in [0.29, 0.717) is 5.92 Å². The molecule has 0 bridgehead atoms. The molecule has 1 aliphatic carbocycles. The summed E-state index contributed by atoms with van der Waals surface area (Å²) >= 11 is 0. The van der Waals surface area contributed by atoms with Gasteiger partial charge in [-0.1, -0.05) is 86.5 Å². The van der Waals surface area contributed by atoms with Crippen molar-refractivity contribution in [2.75, 3.05) is 6.54 Å². The quantitative estimate of drug-likeness (QED) is 0.536. The van der Waals surface area contributed by atoms with Crippen LogP contribution in [0.25, 0.3) is 0 Å². The molecule has 1 rings (SSSR count). The lowest BCUT2D eigenvalue weighted by Crippen LogP contribution is -2.24. The minimum Gasteiger partial charge on any atom is -0.356 e. The van der Waals surface area contributed by atoms with E-state index < -0.39 is 0 Å². The molecule has 0 aromatic heterocycles. The van der Waals surface area contributed by atoms with Gasteiger partial charge in [0, 0.05) is 13.5 Å². The highest BCUT2D eigenvalue weighted by atomic mass is 16.1. The molecular formula is C22H47NO2. The minimum absolute atomic E-state index is 0.0544. The third-order valence-electron chi connectivity index (χ3n) is 4.02. The lowest BCUT2D eigenvalue weighted by atomic mass is 9.91. The number of carbonyl (C=O) groups is 2. The molecule has 1 aliphatic rings. The highest BCUT2D eigenvalue weighted by molar-refractivity contribution is 5.72. The Balaban J connectivity index is -0.000000323.